The van der Waals surface area contributed by atoms with Crippen molar-refractivity contribution in [1.82, 2.24) is 10.4 Å². The monoisotopic (exact) mass is 375 g/mol. The van der Waals surface area contributed by atoms with Crippen LogP contribution in [-0.2, 0) is 0 Å². The highest BCUT2D eigenvalue weighted by molar-refractivity contribution is 6.13. The van der Waals surface area contributed by atoms with Crippen molar-refractivity contribution in [2.45, 2.75) is 0 Å². The van der Waals surface area contributed by atoms with Crippen LogP contribution >= 0.6 is 0 Å². The molecule has 4 aromatic carbocycles. The highest BCUT2D eigenvalue weighted by atomic mass is 16.2. The number of aromatic nitrogens is 1. The molecule has 5 rings (SSSR count). The van der Waals surface area contributed by atoms with E-state index in [-0.39, 0.29) is 5.91 Å². The molecule has 0 unspecified atom stereocenters. The lowest BCUT2D eigenvalue weighted by atomic mass is 9.97. The van der Waals surface area contributed by atoms with Crippen LogP contribution in [0.2, 0.25) is 0 Å². The first-order chi connectivity index (χ1) is 14.3. The number of hydrogen-bond acceptors (Lipinski definition) is 3. The zero-order valence-electron chi connectivity index (χ0n) is 15.5. The molecule has 1 aromatic heterocycles. The number of pyridine rings is 1. The predicted molar refractivity (Wildman–Crippen MR) is 118 cm³/mol. The summed E-state index contributed by atoms with van der Waals surface area (Å²) >= 11 is 0. The fourth-order valence-corrected chi connectivity index (χ4v) is 3.59. The molecule has 1 amide bonds. The molecule has 0 radical (unpaired) electrons. The minimum atomic E-state index is -0.337. The molecule has 0 bridgehead atoms. The van der Waals surface area contributed by atoms with Gasteiger partial charge in [0.15, 0.2) is 0 Å². The van der Waals surface area contributed by atoms with E-state index in [0.29, 0.717) is 5.69 Å². The third-order valence-electron chi connectivity index (χ3n) is 5.00. The van der Waals surface area contributed by atoms with E-state index in [1.165, 1.54) is 0 Å². The Kier molecular flexibility index (Phi) is 4.22. The van der Waals surface area contributed by atoms with Crippen molar-refractivity contribution in [2.24, 2.45) is 5.10 Å². The maximum Gasteiger partial charge on any atom is 0.289 e. The summed E-state index contributed by atoms with van der Waals surface area (Å²) in [6.07, 6.45) is 1.71. The number of carbonyl (C=O) groups is 1. The summed E-state index contributed by atoms with van der Waals surface area (Å²) in [5.74, 6) is -0.337. The van der Waals surface area contributed by atoms with Crippen molar-refractivity contribution in [3.05, 3.63) is 102 Å². The second-order valence-electron chi connectivity index (χ2n) is 6.82. The summed E-state index contributed by atoms with van der Waals surface area (Å²) in [4.78, 5) is 16.9. The van der Waals surface area contributed by atoms with E-state index in [2.05, 4.69) is 45.8 Å². The molecule has 0 aliphatic rings. The minimum absolute atomic E-state index is 0.337. The van der Waals surface area contributed by atoms with Crippen LogP contribution in [0.5, 0.6) is 0 Å². The van der Waals surface area contributed by atoms with Crippen molar-refractivity contribution < 1.29 is 4.79 Å². The summed E-state index contributed by atoms with van der Waals surface area (Å²) in [5, 5.41) is 9.68. The van der Waals surface area contributed by atoms with E-state index in [9.17, 15) is 4.79 Å². The van der Waals surface area contributed by atoms with Crippen molar-refractivity contribution in [2.75, 3.05) is 0 Å². The quantitative estimate of drug-likeness (QED) is 0.264. The van der Waals surface area contributed by atoms with Gasteiger partial charge in [0.1, 0.15) is 5.69 Å². The maximum atomic E-state index is 12.5. The van der Waals surface area contributed by atoms with Crippen LogP contribution in [-0.4, -0.2) is 17.1 Å². The number of hydrogen-bond donors (Lipinski definition) is 1. The molecule has 1 N–H and O–H groups in total. The summed E-state index contributed by atoms with van der Waals surface area (Å²) in [5.41, 5.74) is 4.71. The normalized spacial score (nSPS) is 11.4. The largest absolute Gasteiger partial charge is 0.289 e. The van der Waals surface area contributed by atoms with E-state index in [4.69, 9.17) is 0 Å². The first-order valence-electron chi connectivity index (χ1n) is 9.39. The Balaban J connectivity index is 1.49. The van der Waals surface area contributed by atoms with E-state index in [1.807, 2.05) is 54.6 Å². The number of amides is 1. The average molecular weight is 375 g/mol. The van der Waals surface area contributed by atoms with Crippen LogP contribution in [0, 0.1) is 0 Å². The molecule has 4 heteroatoms. The molecular formula is C25H17N3O. The molecular weight excluding hydrogens is 358 g/mol. The Morgan fingerprint density at radius 3 is 2.10 bits per heavy atom. The highest BCUT2D eigenvalue weighted by Gasteiger charge is 2.08. The number of fused-ring (bicyclic) bond motifs is 3. The average Bonchev–Trinajstić information content (AvgIpc) is 2.78. The molecule has 0 saturated heterocycles. The Morgan fingerprint density at radius 1 is 0.759 bits per heavy atom. The smallest absolute Gasteiger partial charge is 0.266 e. The number of hydrazone groups is 1. The van der Waals surface area contributed by atoms with E-state index < -0.39 is 0 Å². The molecule has 0 spiro atoms. The van der Waals surface area contributed by atoms with Crippen LogP contribution in [0.1, 0.15) is 16.1 Å². The standard InChI is InChI=1S/C25H17N3O/c29-25(24-14-13-17-7-3-6-12-23(17)27-24)28-26-16-22-20-10-4-1-8-18(20)15-19-9-2-5-11-21(19)22/h1-16H,(H,28,29). The Morgan fingerprint density at radius 2 is 1.38 bits per heavy atom. The van der Waals surface area contributed by atoms with Gasteiger partial charge in [-0.15, -0.1) is 0 Å². The van der Waals surface area contributed by atoms with Gasteiger partial charge >= 0.3 is 0 Å². The molecule has 4 nitrogen and oxygen atoms in total. The van der Waals surface area contributed by atoms with Gasteiger partial charge in [0.25, 0.3) is 5.91 Å². The van der Waals surface area contributed by atoms with Gasteiger partial charge in [-0.1, -0.05) is 72.8 Å². The van der Waals surface area contributed by atoms with Crippen LogP contribution in [0.25, 0.3) is 32.4 Å². The molecule has 0 aliphatic heterocycles. The third kappa shape index (κ3) is 3.21. The molecule has 0 saturated carbocycles. The molecule has 0 aliphatic carbocycles. The van der Waals surface area contributed by atoms with Crippen LogP contribution in [0.4, 0.5) is 0 Å². The second-order valence-corrected chi connectivity index (χ2v) is 6.82. The first-order valence-corrected chi connectivity index (χ1v) is 9.39. The Labute approximate surface area is 167 Å². The summed E-state index contributed by atoms with van der Waals surface area (Å²) in [7, 11) is 0. The van der Waals surface area contributed by atoms with Gasteiger partial charge in [-0.3, -0.25) is 4.79 Å². The van der Waals surface area contributed by atoms with Gasteiger partial charge < -0.3 is 0 Å². The maximum absolute atomic E-state index is 12.5. The lowest BCUT2D eigenvalue weighted by molar-refractivity contribution is 0.0950. The van der Waals surface area contributed by atoms with Gasteiger partial charge in [-0.05, 0) is 39.7 Å². The first kappa shape index (κ1) is 17.1. The second kappa shape index (κ2) is 7.17. The van der Waals surface area contributed by atoms with Crippen molar-refractivity contribution in [3.63, 3.8) is 0 Å². The number of nitrogens with one attached hydrogen (secondary N) is 1. The molecule has 0 fully saturated rings. The van der Waals surface area contributed by atoms with Crippen molar-refractivity contribution >= 4 is 44.6 Å². The van der Waals surface area contributed by atoms with Crippen molar-refractivity contribution in [3.8, 4) is 0 Å². The van der Waals surface area contributed by atoms with Gasteiger partial charge in [0.2, 0.25) is 0 Å². The van der Waals surface area contributed by atoms with Gasteiger partial charge in [-0.2, -0.15) is 5.10 Å². The molecule has 1 heterocycles. The predicted octanol–water partition coefficient (Wildman–Crippen LogP) is 5.31. The van der Waals surface area contributed by atoms with E-state index in [1.54, 1.807) is 12.3 Å². The zero-order valence-corrected chi connectivity index (χ0v) is 15.5. The summed E-state index contributed by atoms with van der Waals surface area (Å²) in [6, 6.07) is 29.8. The lowest BCUT2D eigenvalue weighted by Gasteiger charge is -2.08. The van der Waals surface area contributed by atoms with Crippen LogP contribution in [0.15, 0.2) is 96.1 Å². The number of para-hydroxylation sites is 1. The molecule has 138 valence electrons. The number of rotatable bonds is 3. The lowest BCUT2D eigenvalue weighted by Crippen LogP contribution is -2.19. The van der Waals surface area contributed by atoms with Crippen LogP contribution in [0.3, 0.4) is 0 Å². The van der Waals surface area contributed by atoms with E-state index in [0.717, 1.165) is 38.0 Å². The third-order valence-corrected chi connectivity index (χ3v) is 5.00. The number of benzene rings is 4. The van der Waals surface area contributed by atoms with Gasteiger partial charge in [0, 0.05) is 10.9 Å². The Hall–Kier alpha value is -4.05. The van der Waals surface area contributed by atoms with Gasteiger partial charge in [0.05, 0.1) is 11.7 Å². The number of nitrogens with zero attached hydrogens (tertiary/aromatic N) is 2. The molecule has 29 heavy (non-hydrogen) atoms. The number of carbonyl (C=O) groups excluding carboxylic acids is 1. The summed E-state index contributed by atoms with van der Waals surface area (Å²) in [6.45, 7) is 0. The molecule has 5 aromatic rings. The molecule has 0 atom stereocenters. The van der Waals surface area contributed by atoms with Gasteiger partial charge in [-0.25, -0.2) is 10.4 Å². The Bertz CT molecular complexity index is 1350. The topological polar surface area (TPSA) is 54.4 Å². The summed E-state index contributed by atoms with van der Waals surface area (Å²) < 4.78 is 0. The van der Waals surface area contributed by atoms with Crippen molar-refractivity contribution in [1.29, 1.82) is 0 Å². The minimum Gasteiger partial charge on any atom is -0.266 e. The highest BCUT2D eigenvalue weighted by Crippen LogP contribution is 2.27. The SMILES string of the molecule is O=C(NN=Cc1c2ccccc2cc2ccccc12)c1ccc2ccccc2n1. The van der Waals surface area contributed by atoms with Crippen LogP contribution < -0.4 is 5.43 Å². The fraction of sp³-hybridized carbons (Fsp3) is 0. The fourth-order valence-electron chi connectivity index (χ4n) is 3.59. The van der Waals surface area contributed by atoms with E-state index >= 15 is 0 Å². The zero-order chi connectivity index (χ0) is 19.6.